The van der Waals surface area contributed by atoms with Crippen LogP contribution in [0.5, 0.6) is 5.75 Å². The van der Waals surface area contributed by atoms with Crippen molar-refractivity contribution in [2.45, 2.75) is 18.9 Å². The Hall–Kier alpha value is -2.93. The van der Waals surface area contributed by atoms with Gasteiger partial charge in [-0.05, 0) is 36.4 Å². The Kier molecular flexibility index (Phi) is 4.77. The Bertz CT molecular complexity index is 908. The highest BCUT2D eigenvalue weighted by Gasteiger charge is 2.36. The smallest absolute Gasteiger partial charge is 0.254 e. The molecule has 1 aliphatic rings. The quantitative estimate of drug-likeness (QED) is 0.751. The van der Waals surface area contributed by atoms with E-state index in [0.717, 1.165) is 11.0 Å². The molecule has 2 unspecified atom stereocenters. The van der Waals surface area contributed by atoms with Crippen LogP contribution < -0.4 is 4.74 Å². The zero-order valence-electron chi connectivity index (χ0n) is 14.9. The number of amides is 1. The number of benzene rings is 2. The zero-order valence-corrected chi connectivity index (χ0v) is 14.9. The van der Waals surface area contributed by atoms with Crippen LogP contribution in [-0.4, -0.2) is 53.2 Å². The summed E-state index contributed by atoms with van der Waals surface area (Å²) in [7, 11) is 1.56. The molecule has 7 heteroatoms. The van der Waals surface area contributed by atoms with Crippen molar-refractivity contribution in [2.24, 2.45) is 0 Å². The van der Waals surface area contributed by atoms with Crippen molar-refractivity contribution in [1.29, 1.82) is 0 Å². The zero-order chi connectivity index (χ0) is 18.8. The van der Waals surface area contributed by atoms with Gasteiger partial charge in [0.25, 0.3) is 5.91 Å². The minimum atomic E-state index is -1.23. The van der Waals surface area contributed by atoms with E-state index in [4.69, 9.17) is 9.47 Å². The Morgan fingerprint density at radius 3 is 2.74 bits per heavy atom. The van der Waals surface area contributed by atoms with Crippen molar-refractivity contribution in [3.05, 3.63) is 59.9 Å². The maximum Gasteiger partial charge on any atom is 0.254 e. The molecule has 2 atom stereocenters. The van der Waals surface area contributed by atoms with Gasteiger partial charge in [-0.25, -0.2) is 9.37 Å². The van der Waals surface area contributed by atoms with Crippen LogP contribution in [0, 0.1) is 0 Å². The number of halogens is 1. The minimum Gasteiger partial charge on any atom is -0.497 e. The van der Waals surface area contributed by atoms with E-state index in [1.54, 1.807) is 31.4 Å². The number of nitrogens with zero attached hydrogens (tertiary/aromatic N) is 2. The van der Waals surface area contributed by atoms with Gasteiger partial charge in [0.05, 0.1) is 31.2 Å². The number of para-hydroxylation sites is 2. The van der Waals surface area contributed by atoms with E-state index in [1.165, 1.54) is 4.90 Å². The average Bonchev–Trinajstić information content (AvgIpc) is 3.28. The number of likely N-dealkylation sites (tertiary alicyclic amines) is 1. The number of methoxy groups -OCH3 is 1. The molecule has 1 aliphatic heterocycles. The SMILES string of the molecule is COc1ccc(C(=O)N2CC(F)C(OCc3nc4ccccc4[nH]3)C2)cc1. The first-order chi connectivity index (χ1) is 13.1. The number of carbonyl (C=O) groups excluding carboxylic acids is 1. The van der Waals surface area contributed by atoms with Gasteiger partial charge in [-0.2, -0.15) is 0 Å². The van der Waals surface area contributed by atoms with Crippen LogP contribution in [0.4, 0.5) is 4.39 Å². The molecule has 1 aromatic heterocycles. The molecule has 0 aliphatic carbocycles. The van der Waals surface area contributed by atoms with E-state index >= 15 is 0 Å². The number of carbonyl (C=O) groups is 1. The van der Waals surface area contributed by atoms with Crippen LogP contribution in [0.1, 0.15) is 16.2 Å². The minimum absolute atomic E-state index is 0.0235. The van der Waals surface area contributed by atoms with Gasteiger partial charge in [-0.1, -0.05) is 12.1 Å². The molecule has 27 heavy (non-hydrogen) atoms. The summed E-state index contributed by atoms with van der Waals surface area (Å²) in [4.78, 5) is 21.6. The van der Waals surface area contributed by atoms with Gasteiger partial charge in [-0.15, -0.1) is 0 Å². The van der Waals surface area contributed by atoms with Gasteiger partial charge < -0.3 is 19.4 Å². The van der Waals surface area contributed by atoms with Gasteiger partial charge in [0.1, 0.15) is 30.5 Å². The number of hydrogen-bond donors (Lipinski definition) is 1. The maximum atomic E-state index is 14.4. The summed E-state index contributed by atoms with van der Waals surface area (Å²) in [6.45, 7) is 0.409. The molecular weight excluding hydrogens is 349 g/mol. The number of nitrogens with one attached hydrogen (secondary N) is 1. The molecule has 4 rings (SSSR count). The lowest BCUT2D eigenvalue weighted by Crippen LogP contribution is -2.30. The molecular formula is C20H20FN3O3. The predicted molar refractivity (Wildman–Crippen MR) is 98.5 cm³/mol. The lowest BCUT2D eigenvalue weighted by molar-refractivity contribution is 0.00887. The standard InChI is InChI=1S/C20H20FN3O3/c1-26-14-8-6-13(7-9-14)20(25)24-10-15(21)18(11-24)27-12-19-22-16-4-2-3-5-17(16)23-19/h2-9,15,18H,10-12H2,1H3,(H,22,23). The number of imidazole rings is 1. The molecule has 140 valence electrons. The van der Waals surface area contributed by atoms with Crippen LogP contribution in [-0.2, 0) is 11.3 Å². The highest BCUT2D eigenvalue weighted by Crippen LogP contribution is 2.22. The molecule has 0 saturated carbocycles. The van der Waals surface area contributed by atoms with Crippen molar-refractivity contribution in [3.63, 3.8) is 0 Å². The first-order valence-electron chi connectivity index (χ1n) is 8.76. The summed E-state index contributed by atoms with van der Waals surface area (Å²) in [6, 6.07) is 14.4. The van der Waals surface area contributed by atoms with Crippen molar-refractivity contribution >= 4 is 16.9 Å². The number of ether oxygens (including phenoxy) is 2. The predicted octanol–water partition coefficient (Wildman–Crippen LogP) is 2.95. The second-order valence-electron chi connectivity index (χ2n) is 6.50. The summed E-state index contributed by atoms with van der Waals surface area (Å²) >= 11 is 0. The Labute approximate surface area is 155 Å². The molecule has 0 bridgehead atoms. The summed E-state index contributed by atoms with van der Waals surface area (Å²) in [5.41, 5.74) is 2.26. The molecule has 2 aromatic carbocycles. The summed E-state index contributed by atoms with van der Waals surface area (Å²) in [6.07, 6.45) is -1.89. The topological polar surface area (TPSA) is 67.4 Å². The van der Waals surface area contributed by atoms with Crippen molar-refractivity contribution in [1.82, 2.24) is 14.9 Å². The van der Waals surface area contributed by atoms with Crippen molar-refractivity contribution < 1.29 is 18.7 Å². The Balaban J connectivity index is 1.37. The highest BCUT2D eigenvalue weighted by molar-refractivity contribution is 5.94. The van der Waals surface area contributed by atoms with Gasteiger partial charge in [0.2, 0.25) is 0 Å². The molecule has 1 fully saturated rings. The number of rotatable bonds is 5. The summed E-state index contributed by atoms with van der Waals surface area (Å²) in [5.74, 6) is 1.10. The van der Waals surface area contributed by atoms with E-state index in [-0.39, 0.29) is 25.6 Å². The largest absolute Gasteiger partial charge is 0.497 e. The van der Waals surface area contributed by atoms with E-state index in [1.807, 2.05) is 24.3 Å². The Morgan fingerprint density at radius 1 is 1.22 bits per heavy atom. The third-order valence-corrected chi connectivity index (χ3v) is 4.70. The van der Waals surface area contributed by atoms with Crippen LogP contribution in [0.2, 0.25) is 0 Å². The second kappa shape index (κ2) is 7.36. The van der Waals surface area contributed by atoms with Gasteiger partial charge in [0.15, 0.2) is 0 Å². The fraction of sp³-hybridized carbons (Fsp3) is 0.300. The van der Waals surface area contributed by atoms with Crippen LogP contribution in [0.25, 0.3) is 11.0 Å². The molecule has 3 aromatic rings. The number of alkyl halides is 1. The fourth-order valence-electron chi connectivity index (χ4n) is 3.23. The van der Waals surface area contributed by atoms with Crippen LogP contribution in [0.15, 0.2) is 48.5 Å². The second-order valence-corrected chi connectivity index (χ2v) is 6.50. The Morgan fingerprint density at radius 2 is 2.00 bits per heavy atom. The van der Waals surface area contributed by atoms with E-state index in [9.17, 15) is 9.18 Å². The van der Waals surface area contributed by atoms with E-state index in [2.05, 4.69) is 9.97 Å². The van der Waals surface area contributed by atoms with Crippen LogP contribution in [0.3, 0.4) is 0 Å². The number of hydrogen-bond acceptors (Lipinski definition) is 4. The van der Waals surface area contributed by atoms with E-state index < -0.39 is 12.3 Å². The number of aromatic amines is 1. The molecule has 2 heterocycles. The molecule has 6 nitrogen and oxygen atoms in total. The lowest BCUT2D eigenvalue weighted by atomic mass is 10.2. The van der Waals surface area contributed by atoms with Gasteiger partial charge >= 0.3 is 0 Å². The van der Waals surface area contributed by atoms with Crippen molar-refractivity contribution in [3.8, 4) is 5.75 Å². The molecule has 1 amide bonds. The van der Waals surface area contributed by atoms with E-state index in [0.29, 0.717) is 17.1 Å². The average molecular weight is 369 g/mol. The third-order valence-electron chi connectivity index (χ3n) is 4.70. The lowest BCUT2D eigenvalue weighted by Gasteiger charge is -2.16. The van der Waals surface area contributed by atoms with Crippen LogP contribution >= 0.6 is 0 Å². The number of fused-ring (bicyclic) bond motifs is 1. The van der Waals surface area contributed by atoms with Gasteiger partial charge in [0, 0.05) is 5.56 Å². The first-order valence-corrected chi connectivity index (χ1v) is 8.76. The van der Waals surface area contributed by atoms with Gasteiger partial charge in [-0.3, -0.25) is 4.79 Å². The fourth-order valence-corrected chi connectivity index (χ4v) is 3.23. The van der Waals surface area contributed by atoms with Crippen molar-refractivity contribution in [2.75, 3.05) is 20.2 Å². The monoisotopic (exact) mass is 369 g/mol. The highest BCUT2D eigenvalue weighted by atomic mass is 19.1. The summed E-state index contributed by atoms with van der Waals surface area (Å²) in [5, 5.41) is 0. The normalized spacial score (nSPS) is 19.6. The number of H-pyrrole nitrogens is 1. The molecule has 0 radical (unpaired) electrons. The molecule has 0 spiro atoms. The first kappa shape index (κ1) is 17.5. The third kappa shape index (κ3) is 3.64. The number of aromatic nitrogens is 2. The molecule has 1 N–H and O–H groups in total. The maximum absolute atomic E-state index is 14.4. The molecule has 1 saturated heterocycles. The summed E-state index contributed by atoms with van der Waals surface area (Å²) < 4.78 is 25.2.